The van der Waals surface area contributed by atoms with Gasteiger partial charge in [-0.2, -0.15) is 0 Å². The fourth-order valence-electron chi connectivity index (χ4n) is 16.8. The summed E-state index contributed by atoms with van der Waals surface area (Å²) in [5.74, 6) is -0.213. The van der Waals surface area contributed by atoms with Gasteiger partial charge >= 0.3 is 5.97 Å². The average molecular weight is 1230 g/mol. The second-order valence-electron chi connectivity index (χ2n) is 30.1. The van der Waals surface area contributed by atoms with Crippen LogP contribution in [0.5, 0.6) is 0 Å². The van der Waals surface area contributed by atoms with Crippen LogP contribution in [0.1, 0.15) is 167 Å². The number of aromatic nitrogens is 2. The molecule has 13 rings (SSSR count). The van der Waals surface area contributed by atoms with E-state index in [4.69, 9.17) is 9.72 Å². The van der Waals surface area contributed by atoms with Crippen molar-refractivity contribution < 1.29 is 32.5 Å². The predicted octanol–water partition coefficient (Wildman–Crippen LogP) is 9.71. The number of carbonyl (C=O) groups excluding carboxylic acids is 4. The van der Waals surface area contributed by atoms with Crippen LogP contribution in [0.4, 0.5) is 10.1 Å². The highest BCUT2D eigenvalue weighted by Gasteiger charge is 2.64. The Balaban J connectivity index is 0.829. The summed E-state index contributed by atoms with van der Waals surface area (Å²) >= 11 is 0. The number of benzene rings is 2. The fourth-order valence-corrected chi connectivity index (χ4v) is 18.3. The van der Waals surface area contributed by atoms with Gasteiger partial charge in [-0.05, 0) is 181 Å². The van der Waals surface area contributed by atoms with Gasteiger partial charge in [0.25, 0.3) is 5.91 Å². The Morgan fingerprint density at radius 3 is 2.42 bits per heavy atom. The Labute approximate surface area is 523 Å². The van der Waals surface area contributed by atoms with Gasteiger partial charge in [0, 0.05) is 92.1 Å². The summed E-state index contributed by atoms with van der Waals surface area (Å²) in [6, 6.07) is 12.7. The topological polar surface area (TPSA) is 156 Å². The molecular weight excluding hydrogens is 1130 g/mol. The first-order chi connectivity index (χ1) is 42.2. The minimum absolute atomic E-state index is 0.0484. The van der Waals surface area contributed by atoms with Crippen LogP contribution in [0.2, 0.25) is 0 Å². The largest absolute Gasteiger partial charge is 0.464 e. The minimum Gasteiger partial charge on any atom is -0.464 e. The normalized spacial score (nSPS) is 29.0. The number of hydrazine groups is 1. The summed E-state index contributed by atoms with van der Waals surface area (Å²) in [4.78, 5) is 74.7. The van der Waals surface area contributed by atoms with Crippen LogP contribution in [0.25, 0.3) is 33.3 Å². The molecule has 3 amide bonds. The molecule has 1 spiro atoms. The Bertz CT molecular complexity index is 3350. The predicted molar refractivity (Wildman–Crippen MR) is 344 cm³/mol. The standard InChI is InChI=1S/C70H97FN10O6S/c1-9-79-58-22-21-49-35-53(58)55(62(79)54-36-52(39-72-59(54)44(2)3)76-30-29-75-25-13-12-17-51(75)40-76)37-69(7,8)43-87-67(85)56-18-14-26-80(74-56)65(83)57(34-45-31-46(38-71)33-50(49)32-45)73-64(82)61(47-15-10-11-16-47)77-27-23-70(41-77)24-28-78(42-70)66(84)63-60(48-19-20-48)81(63)88(86)68(4,5)6/h21-22,31-33,35-36,39,44,47-48,51,56-57,60-61,63,74H,9-20,23-30,34,37-38,40-43H2,1-8H3,(H,73,82)/t51-,56+,57+,60-,61+,63-,70+,81?,88-/m1/s1. The van der Waals surface area contributed by atoms with Crippen LogP contribution in [-0.4, -0.2) is 168 Å². The SMILES string of the molecule is CCn1c(-c2cc(N3CCN4CCCC[C@@H]4C3)cnc2C(C)C)c2c3cc(ccc31)-c1cc(CF)cc(c1)C[C@H](NC(=O)[C@H](C1CCCC1)N1CC[C@]3(CCN(C(=O)[C@H]4[C@@H](C5CC5)N4[S@](=O)C(C)(C)C)C3)C1)C(=O)N1CCC[C@H](N1)C(=O)OCC(C)(C)C2. The molecule has 9 aliphatic rings. The van der Waals surface area contributed by atoms with Crippen molar-refractivity contribution in [2.75, 3.05) is 70.4 Å². The summed E-state index contributed by atoms with van der Waals surface area (Å²) in [6.07, 6.45) is 15.3. The van der Waals surface area contributed by atoms with Gasteiger partial charge in [-0.1, -0.05) is 65.2 Å². The van der Waals surface area contributed by atoms with Gasteiger partial charge in [0.1, 0.15) is 35.8 Å². The summed E-state index contributed by atoms with van der Waals surface area (Å²) in [5.41, 5.74) is 12.2. The second kappa shape index (κ2) is 24.4. The van der Waals surface area contributed by atoms with E-state index in [1.807, 2.05) is 42.1 Å². The molecule has 2 saturated carbocycles. The monoisotopic (exact) mass is 1220 g/mol. The molecule has 4 aromatic rings. The van der Waals surface area contributed by atoms with Crippen molar-refractivity contribution >= 4 is 51.3 Å². The average Bonchev–Trinajstić information content (AvgIpc) is 1.57. The molecule has 2 N–H and O–H groups in total. The van der Waals surface area contributed by atoms with Gasteiger partial charge < -0.3 is 24.4 Å². The Hall–Kier alpha value is -5.27. The van der Waals surface area contributed by atoms with E-state index in [2.05, 4.69) is 101 Å². The lowest BCUT2D eigenvalue weighted by atomic mass is 9.83. The van der Waals surface area contributed by atoms with E-state index < -0.39 is 51.9 Å². The number of piperazine rings is 1. The highest BCUT2D eigenvalue weighted by Crippen LogP contribution is 2.52. The van der Waals surface area contributed by atoms with E-state index in [1.165, 1.54) is 30.8 Å². The number of ether oxygens (including phenoxy) is 1. The Morgan fingerprint density at radius 2 is 1.67 bits per heavy atom. The highest BCUT2D eigenvalue weighted by atomic mass is 32.2. The van der Waals surface area contributed by atoms with Crippen molar-refractivity contribution in [3.05, 3.63) is 71.0 Å². The van der Waals surface area contributed by atoms with Crippen LogP contribution in [0.3, 0.4) is 0 Å². The molecule has 476 valence electrons. The number of amides is 3. The third-order valence-electron chi connectivity index (χ3n) is 21.6. The lowest BCUT2D eigenvalue weighted by Crippen LogP contribution is -2.62. The number of hydrogen-bond acceptors (Lipinski definition) is 11. The molecule has 9 atom stereocenters. The smallest absolute Gasteiger partial charge is 0.324 e. The van der Waals surface area contributed by atoms with E-state index in [0.717, 1.165) is 127 Å². The molecular formula is C70H97FN10O6S. The number of aryl methyl sites for hydroxylation is 1. The molecule has 16 nitrogen and oxygen atoms in total. The zero-order valence-electron chi connectivity index (χ0n) is 53.7. The van der Waals surface area contributed by atoms with Gasteiger partial charge in [0.05, 0.1) is 46.7 Å². The number of rotatable bonds is 12. The maximum absolute atomic E-state index is 15.5. The van der Waals surface area contributed by atoms with Crippen molar-refractivity contribution in [3.8, 4) is 22.4 Å². The molecule has 1 unspecified atom stereocenters. The first-order valence-corrected chi connectivity index (χ1v) is 34.9. The number of carbonyl (C=O) groups is 4. The van der Waals surface area contributed by atoms with Gasteiger partial charge in [0.15, 0.2) is 0 Å². The summed E-state index contributed by atoms with van der Waals surface area (Å²) < 4.78 is 39.5. The van der Waals surface area contributed by atoms with Crippen LogP contribution in [-0.2, 0) is 61.0 Å². The van der Waals surface area contributed by atoms with E-state index in [1.54, 1.807) is 0 Å². The third-order valence-corrected chi connectivity index (χ3v) is 23.5. The van der Waals surface area contributed by atoms with Crippen LogP contribution in [0, 0.1) is 22.7 Å². The number of esters is 1. The number of halogens is 1. The summed E-state index contributed by atoms with van der Waals surface area (Å²) in [7, 11) is -1.26. The molecule has 8 fully saturated rings. The molecule has 2 aromatic heterocycles. The third kappa shape index (κ3) is 12.1. The molecule has 2 aromatic carbocycles. The molecule has 0 radical (unpaired) electrons. The number of nitrogens with zero attached hydrogens (tertiary/aromatic N) is 8. The van der Waals surface area contributed by atoms with Gasteiger partial charge in [0.2, 0.25) is 11.8 Å². The quantitative estimate of drug-likeness (QED) is 0.103. The van der Waals surface area contributed by atoms with Crippen LogP contribution >= 0.6 is 0 Å². The number of cyclic esters (lactones) is 1. The van der Waals surface area contributed by atoms with Crippen LogP contribution < -0.4 is 15.6 Å². The molecule has 7 aliphatic heterocycles. The van der Waals surface area contributed by atoms with Crippen molar-refractivity contribution in [3.63, 3.8) is 0 Å². The molecule has 2 aliphatic carbocycles. The number of nitrogens with one attached hydrogen (secondary N) is 2. The number of hydrogen-bond donors (Lipinski definition) is 2. The molecule has 9 heterocycles. The number of anilines is 1. The number of alkyl halides is 1. The summed E-state index contributed by atoms with van der Waals surface area (Å²) in [6.45, 7) is 24.2. The zero-order chi connectivity index (χ0) is 61.6. The van der Waals surface area contributed by atoms with E-state index in [9.17, 15) is 13.8 Å². The first kappa shape index (κ1) is 61.6. The molecule has 88 heavy (non-hydrogen) atoms. The van der Waals surface area contributed by atoms with Crippen molar-refractivity contribution in [1.82, 2.24) is 44.3 Å². The zero-order valence-corrected chi connectivity index (χ0v) is 54.5. The number of pyridine rings is 1. The van der Waals surface area contributed by atoms with Gasteiger partial charge in [-0.3, -0.25) is 39.0 Å². The fraction of sp³-hybridized carbons (Fsp3) is 0.671. The maximum Gasteiger partial charge on any atom is 0.324 e. The van der Waals surface area contributed by atoms with E-state index in [0.29, 0.717) is 76.1 Å². The maximum atomic E-state index is 15.5. The number of fused-ring (bicyclic) bond motifs is 7. The van der Waals surface area contributed by atoms with Crippen molar-refractivity contribution in [1.29, 1.82) is 0 Å². The highest BCUT2D eigenvalue weighted by molar-refractivity contribution is 7.84. The number of likely N-dealkylation sites (tertiary alicyclic amines) is 2. The lowest BCUT2D eigenvalue weighted by Gasteiger charge is -2.45. The molecule has 18 heteroatoms. The lowest BCUT2D eigenvalue weighted by molar-refractivity contribution is -0.155. The second-order valence-corrected chi connectivity index (χ2v) is 32.3. The minimum atomic E-state index is -1.26. The first-order valence-electron chi connectivity index (χ1n) is 33.8. The Morgan fingerprint density at radius 1 is 0.886 bits per heavy atom. The molecule has 6 bridgehead atoms. The summed E-state index contributed by atoms with van der Waals surface area (Å²) in [5, 5.41) is 5.95. The van der Waals surface area contributed by atoms with Gasteiger partial charge in [-0.25, -0.2) is 18.3 Å². The van der Waals surface area contributed by atoms with Crippen LogP contribution in [0.15, 0.2) is 48.7 Å². The van der Waals surface area contributed by atoms with E-state index in [-0.39, 0.29) is 60.1 Å². The molecule has 6 saturated heterocycles. The van der Waals surface area contributed by atoms with Crippen molar-refractivity contribution in [2.24, 2.45) is 22.7 Å². The van der Waals surface area contributed by atoms with Crippen molar-refractivity contribution in [2.45, 2.75) is 212 Å². The van der Waals surface area contributed by atoms with E-state index >= 15 is 14.0 Å². The number of piperidine rings is 1. The Kier molecular flexibility index (Phi) is 17.1. The van der Waals surface area contributed by atoms with Gasteiger partial charge in [-0.15, -0.1) is 0 Å².